The van der Waals surface area contributed by atoms with Crippen molar-refractivity contribution >= 4 is 32.3 Å². The molecule has 3 aromatic carbocycles. The van der Waals surface area contributed by atoms with Gasteiger partial charge in [0.05, 0.1) is 6.61 Å². The Morgan fingerprint density at radius 3 is 1.70 bits per heavy atom. The molecule has 3 aromatic rings. The summed E-state index contributed by atoms with van der Waals surface area (Å²) in [5, 5.41) is -0.155. The van der Waals surface area contributed by atoms with Crippen LogP contribution in [0.4, 0.5) is 8.78 Å². The Bertz CT molecular complexity index is 1270. The number of rotatable bonds is 11. The molecule has 4 N–H and O–H groups in total. The highest BCUT2D eigenvalue weighted by Crippen LogP contribution is 2.59. The lowest BCUT2D eigenvalue weighted by Crippen LogP contribution is -2.13. The minimum absolute atomic E-state index is 0.155. The average Bonchev–Trinajstić information content (AvgIpc) is 2.93. The minimum atomic E-state index is -5.60. The van der Waals surface area contributed by atoms with E-state index in [1.165, 1.54) is 30.0 Å². The molecule has 12 heteroatoms. The SMILES string of the molecule is CC.CC.CCCOc1ccc(-c2ccc(CSCc3ccc(C(F)(F)P(=O)(O)O)cc3)cc2)cc1P(=O)(O)O. The van der Waals surface area contributed by atoms with Crippen LogP contribution in [0, 0.1) is 0 Å². The fourth-order valence-electron chi connectivity index (χ4n) is 3.31. The van der Waals surface area contributed by atoms with Gasteiger partial charge in [-0.1, -0.05) is 89.2 Å². The molecule has 0 fully saturated rings. The summed E-state index contributed by atoms with van der Waals surface area (Å²) < 4.78 is 55.9. The van der Waals surface area contributed by atoms with E-state index in [0.29, 0.717) is 30.1 Å². The molecule has 40 heavy (non-hydrogen) atoms. The first-order valence-electron chi connectivity index (χ1n) is 12.9. The Balaban J connectivity index is 0.00000191. The zero-order valence-electron chi connectivity index (χ0n) is 23.3. The summed E-state index contributed by atoms with van der Waals surface area (Å²) in [7, 11) is -10.1. The summed E-state index contributed by atoms with van der Waals surface area (Å²) in [6.07, 6.45) is 0.708. The van der Waals surface area contributed by atoms with E-state index in [0.717, 1.165) is 28.8 Å². The second-order valence-corrected chi connectivity index (χ2v) is 12.3. The number of hydrogen-bond donors (Lipinski definition) is 4. The molecule has 0 aromatic heterocycles. The second kappa shape index (κ2) is 16.4. The van der Waals surface area contributed by atoms with Gasteiger partial charge in [-0.15, -0.1) is 0 Å². The van der Waals surface area contributed by atoms with Gasteiger partial charge in [0.25, 0.3) is 0 Å². The van der Waals surface area contributed by atoms with Gasteiger partial charge in [-0.3, -0.25) is 9.13 Å². The van der Waals surface area contributed by atoms with Crippen LogP contribution in [0.2, 0.25) is 0 Å². The van der Waals surface area contributed by atoms with Crippen molar-refractivity contribution in [2.24, 2.45) is 0 Å². The van der Waals surface area contributed by atoms with E-state index in [4.69, 9.17) is 14.5 Å². The predicted molar refractivity (Wildman–Crippen MR) is 159 cm³/mol. The van der Waals surface area contributed by atoms with Gasteiger partial charge in [-0.05, 0) is 40.8 Å². The summed E-state index contributed by atoms with van der Waals surface area (Å²) >= 11 is 1.53. The number of benzene rings is 3. The van der Waals surface area contributed by atoms with Crippen molar-refractivity contribution in [2.45, 2.75) is 58.2 Å². The molecule has 0 atom stereocenters. The van der Waals surface area contributed by atoms with E-state index < -0.39 is 26.4 Å². The molecule has 0 saturated carbocycles. The third kappa shape index (κ3) is 10.1. The molecule has 7 nitrogen and oxygen atoms in total. The van der Waals surface area contributed by atoms with Gasteiger partial charge in [-0.2, -0.15) is 20.5 Å². The first kappa shape index (κ1) is 36.0. The Labute approximate surface area is 239 Å². The van der Waals surface area contributed by atoms with Gasteiger partial charge in [0.15, 0.2) is 0 Å². The van der Waals surface area contributed by atoms with Crippen LogP contribution in [0.15, 0.2) is 66.7 Å². The quantitative estimate of drug-likeness (QED) is 0.162. The topological polar surface area (TPSA) is 124 Å². The molecule has 0 saturated heterocycles. The van der Waals surface area contributed by atoms with E-state index in [2.05, 4.69) is 0 Å². The number of ether oxygens (including phenoxy) is 1. The lowest BCUT2D eigenvalue weighted by molar-refractivity contribution is 0.0564. The van der Waals surface area contributed by atoms with Crippen LogP contribution in [0.3, 0.4) is 0 Å². The van der Waals surface area contributed by atoms with Gasteiger partial charge in [-0.25, -0.2) is 0 Å². The van der Waals surface area contributed by atoms with Crippen molar-refractivity contribution in [1.29, 1.82) is 0 Å². The van der Waals surface area contributed by atoms with Crippen LogP contribution in [-0.2, 0) is 26.3 Å². The zero-order chi connectivity index (χ0) is 30.6. The molecule has 0 aliphatic rings. The highest BCUT2D eigenvalue weighted by molar-refractivity contribution is 7.97. The van der Waals surface area contributed by atoms with Crippen molar-refractivity contribution < 1.29 is 42.2 Å². The molecule has 0 amide bonds. The summed E-state index contributed by atoms with van der Waals surface area (Å²) in [4.78, 5) is 37.1. The van der Waals surface area contributed by atoms with Crippen LogP contribution >= 0.6 is 27.0 Å². The van der Waals surface area contributed by atoms with E-state index in [-0.39, 0.29) is 11.1 Å². The first-order valence-corrected chi connectivity index (χ1v) is 17.2. The summed E-state index contributed by atoms with van der Waals surface area (Å²) in [5.41, 5.74) is -1.81. The van der Waals surface area contributed by atoms with Crippen LogP contribution < -0.4 is 10.0 Å². The van der Waals surface area contributed by atoms with Gasteiger partial charge in [0.2, 0.25) is 0 Å². The molecule has 3 rings (SSSR count). The lowest BCUT2D eigenvalue weighted by atomic mass is 10.0. The molecule has 0 heterocycles. The Morgan fingerprint density at radius 2 is 1.25 bits per heavy atom. The normalized spacial score (nSPS) is 11.6. The fourth-order valence-corrected chi connectivity index (χ4v) is 5.49. The van der Waals surface area contributed by atoms with E-state index in [1.54, 1.807) is 12.1 Å². The second-order valence-electron chi connectivity index (χ2n) is 8.05. The number of halogens is 2. The van der Waals surface area contributed by atoms with E-state index in [9.17, 15) is 27.7 Å². The molecule has 0 aliphatic carbocycles. The summed E-state index contributed by atoms with van der Waals surface area (Å²) in [5.74, 6) is 1.30. The highest BCUT2D eigenvalue weighted by atomic mass is 32.2. The van der Waals surface area contributed by atoms with Gasteiger partial charge >= 0.3 is 20.9 Å². The summed E-state index contributed by atoms with van der Waals surface area (Å²) in [6.45, 7) is 10.3. The molecule has 0 unspecified atom stereocenters. The maximum atomic E-state index is 13.8. The van der Waals surface area contributed by atoms with Crippen molar-refractivity contribution in [2.75, 3.05) is 6.61 Å². The van der Waals surface area contributed by atoms with E-state index >= 15 is 0 Å². The van der Waals surface area contributed by atoms with Crippen LogP contribution in [0.5, 0.6) is 5.75 Å². The van der Waals surface area contributed by atoms with Crippen molar-refractivity contribution in [3.05, 3.63) is 83.4 Å². The Morgan fingerprint density at radius 1 is 0.775 bits per heavy atom. The Hall–Kier alpha value is -2.03. The van der Waals surface area contributed by atoms with Crippen LogP contribution in [0.25, 0.3) is 11.1 Å². The number of thioether (sulfide) groups is 1. The minimum Gasteiger partial charge on any atom is -0.493 e. The zero-order valence-corrected chi connectivity index (χ0v) is 25.9. The molecule has 0 radical (unpaired) electrons. The standard InChI is InChI=1S/C24H26F2O7P2S.2C2H6/c1-2-13-33-22-12-9-20(14-23(22)34(27,28)29)19-7-3-17(4-8-19)15-36-16-18-5-10-21(11-6-18)24(25,26)35(30,31)32;2*1-2/h3-12,14H,2,13,15-16H2,1H3,(H2,27,28,29)(H2,30,31,32);2*1-2H3. The lowest BCUT2D eigenvalue weighted by Gasteiger charge is -2.18. The summed E-state index contributed by atoms with van der Waals surface area (Å²) in [6, 6.07) is 17.1. The molecule has 0 spiro atoms. The monoisotopic (exact) mass is 618 g/mol. The smallest absolute Gasteiger partial charge is 0.399 e. The predicted octanol–water partition coefficient (Wildman–Crippen LogP) is 7.66. The largest absolute Gasteiger partial charge is 0.493 e. The highest BCUT2D eigenvalue weighted by Gasteiger charge is 2.50. The fraction of sp³-hybridized carbons (Fsp3) is 0.357. The molecule has 222 valence electrons. The number of hydrogen-bond acceptors (Lipinski definition) is 4. The maximum absolute atomic E-state index is 13.8. The first-order chi connectivity index (χ1) is 18.8. The third-order valence-corrected chi connectivity index (χ3v) is 8.27. The van der Waals surface area contributed by atoms with Gasteiger partial charge in [0.1, 0.15) is 11.1 Å². The van der Waals surface area contributed by atoms with Crippen molar-refractivity contribution in [3.8, 4) is 16.9 Å². The van der Waals surface area contributed by atoms with Gasteiger partial charge < -0.3 is 24.3 Å². The average molecular weight is 619 g/mol. The third-order valence-electron chi connectivity index (χ3n) is 5.23. The van der Waals surface area contributed by atoms with Crippen LogP contribution in [-0.4, -0.2) is 26.2 Å². The molecule has 0 bridgehead atoms. The molecular formula is C28H38F2O7P2S. The van der Waals surface area contributed by atoms with Crippen LogP contribution in [0.1, 0.15) is 57.7 Å². The van der Waals surface area contributed by atoms with E-state index in [1.807, 2.05) is 58.9 Å². The Kier molecular flexibility index (Phi) is 14.8. The molecular weight excluding hydrogens is 580 g/mol. The van der Waals surface area contributed by atoms with Gasteiger partial charge in [0, 0.05) is 17.1 Å². The van der Waals surface area contributed by atoms with Crippen molar-refractivity contribution in [1.82, 2.24) is 0 Å². The molecule has 0 aliphatic heterocycles. The number of alkyl halides is 2. The maximum Gasteiger partial charge on any atom is 0.399 e. The van der Waals surface area contributed by atoms with Crippen molar-refractivity contribution in [3.63, 3.8) is 0 Å².